The van der Waals surface area contributed by atoms with Crippen molar-refractivity contribution in [3.05, 3.63) is 17.0 Å². The molecule has 120 valence electrons. The van der Waals surface area contributed by atoms with Crippen LogP contribution in [0.3, 0.4) is 0 Å². The first kappa shape index (κ1) is 14.9. The highest BCUT2D eigenvalue weighted by molar-refractivity contribution is 5.80. The first-order valence-electron chi connectivity index (χ1n) is 7.62. The Morgan fingerprint density at radius 2 is 2.27 bits per heavy atom. The summed E-state index contributed by atoms with van der Waals surface area (Å²) in [6.45, 7) is 4.82. The predicted octanol–water partition coefficient (Wildman–Crippen LogP) is 1.69. The smallest absolute Gasteiger partial charge is 0.317 e. The van der Waals surface area contributed by atoms with Gasteiger partial charge < -0.3 is 19.8 Å². The lowest BCUT2D eigenvalue weighted by Crippen LogP contribution is -2.41. The number of likely N-dealkylation sites (tertiary alicyclic amines) is 1. The summed E-state index contributed by atoms with van der Waals surface area (Å²) in [5.41, 5.74) is 0.902. The van der Waals surface area contributed by atoms with E-state index < -0.39 is 11.4 Å². The molecule has 1 aromatic heterocycles. The number of urea groups is 1. The third-order valence-electron chi connectivity index (χ3n) is 5.18. The van der Waals surface area contributed by atoms with Gasteiger partial charge in [0.15, 0.2) is 0 Å². The molecule has 1 aromatic rings. The van der Waals surface area contributed by atoms with Gasteiger partial charge in [-0.05, 0) is 32.6 Å². The fraction of sp³-hybridized carbons (Fsp3) is 0.667. The second kappa shape index (κ2) is 5.30. The summed E-state index contributed by atoms with van der Waals surface area (Å²) in [6, 6.07) is -0.213. The highest BCUT2D eigenvalue weighted by atomic mass is 16.5. The molecule has 0 radical (unpaired) electrons. The van der Waals surface area contributed by atoms with Gasteiger partial charge >= 0.3 is 12.0 Å². The lowest BCUT2D eigenvalue weighted by atomic mass is 9.81. The molecule has 0 spiro atoms. The Kier molecular flexibility index (Phi) is 3.58. The molecule has 2 atom stereocenters. The number of carboxylic acid groups (broad SMARTS) is 1. The van der Waals surface area contributed by atoms with Crippen molar-refractivity contribution in [2.75, 3.05) is 13.1 Å². The van der Waals surface area contributed by atoms with E-state index in [9.17, 15) is 14.7 Å². The van der Waals surface area contributed by atoms with E-state index in [1.54, 1.807) is 11.8 Å². The van der Waals surface area contributed by atoms with E-state index >= 15 is 0 Å². The molecule has 2 heterocycles. The topological polar surface area (TPSA) is 95.7 Å². The maximum absolute atomic E-state index is 12.3. The molecule has 3 rings (SSSR count). The van der Waals surface area contributed by atoms with Crippen LogP contribution in [0.4, 0.5) is 4.79 Å². The average molecular weight is 307 g/mol. The number of carboxylic acids is 1. The molecule has 0 bridgehead atoms. The summed E-state index contributed by atoms with van der Waals surface area (Å²) >= 11 is 0. The second-order valence-corrected chi connectivity index (χ2v) is 6.39. The van der Waals surface area contributed by atoms with E-state index in [0.717, 1.165) is 24.1 Å². The average Bonchev–Trinajstić information content (AvgIpc) is 3.10. The molecule has 0 unspecified atom stereocenters. The van der Waals surface area contributed by atoms with Crippen LogP contribution in [0.1, 0.15) is 36.3 Å². The zero-order valence-corrected chi connectivity index (χ0v) is 12.9. The fourth-order valence-corrected chi connectivity index (χ4v) is 3.82. The normalized spacial score (nSPS) is 27.0. The van der Waals surface area contributed by atoms with Gasteiger partial charge in [-0.3, -0.25) is 4.79 Å². The number of aryl methyl sites for hydroxylation is 2. The van der Waals surface area contributed by atoms with Crippen molar-refractivity contribution in [1.29, 1.82) is 0 Å². The first-order chi connectivity index (χ1) is 10.4. The number of nitrogens with zero attached hydrogens (tertiary/aromatic N) is 2. The predicted molar refractivity (Wildman–Crippen MR) is 77.2 cm³/mol. The van der Waals surface area contributed by atoms with Gasteiger partial charge in [0.2, 0.25) is 0 Å². The van der Waals surface area contributed by atoms with Crippen LogP contribution in [0, 0.1) is 25.2 Å². The van der Waals surface area contributed by atoms with Crippen molar-refractivity contribution < 1.29 is 19.2 Å². The van der Waals surface area contributed by atoms with Gasteiger partial charge in [0.25, 0.3) is 0 Å². The molecule has 1 aliphatic heterocycles. The highest BCUT2D eigenvalue weighted by Crippen LogP contribution is 2.48. The fourth-order valence-electron chi connectivity index (χ4n) is 3.82. The largest absolute Gasteiger partial charge is 0.481 e. The Hall–Kier alpha value is -2.05. The molecule has 7 heteroatoms. The molecule has 2 aliphatic rings. The Labute approximate surface area is 128 Å². The Bertz CT molecular complexity index is 592. The van der Waals surface area contributed by atoms with Crippen LogP contribution in [0.2, 0.25) is 0 Å². The van der Waals surface area contributed by atoms with Crippen molar-refractivity contribution in [2.24, 2.45) is 11.3 Å². The van der Waals surface area contributed by atoms with E-state index in [2.05, 4.69) is 10.5 Å². The van der Waals surface area contributed by atoms with Crippen LogP contribution < -0.4 is 5.32 Å². The number of nitrogens with one attached hydrogen (secondary N) is 1. The standard InChI is InChI=1S/C15H21N3O4/c1-9-12(10(2)22-17-9)6-16-14(21)18-7-11-4-3-5-15(11,8-18)13(19)20/h11H,3-8H2,1-2H3,(H,16,21)(H,19,20)/t11-,15+/m0/s1. The van der Waals surface area contributed by atoms with Gasteiger partial charge in [0, 0.05) is 25.2 Å². The number of aliphatic carboxylic acids is 1. The number of carbonyl (C=O) groups excluding carboxylic acids is 1. The van der Waals surface area contributed by atoms with Crippen LogP contribution in [0.25, 0.3) is 0 Å². The zero-order valence-electron chi connectivity index (χ0n) is 12.9. The lowest BCUT2D eigenvalue weighted by molar-refractivity contribution is -0.149. The number of amides is 2. The quantitative estimate of drug-likeness (QED) is 0.886. The number of rotatable bonds is 3. The monoisotopic (exact) mass is 307 g/mol. The Balaban J connectivity index is 1.64. The van der Waals surface area contributed by atoms with E-state index in [4.69, 9.17) is 4.52 Å². The van der Waals surface area contributed by atoms with Crippen LogP contribution in [0.15, 0.2) is 4.52 Å². The minimum absolute atomic E-state index is 0.0785. The van der Waals surface area contributed by atoms with Crippen molar-refractivity contribution >= 4 is 12.0 Å². The summed E-state index contributed by atoms with van der Waals surface area (Å²) in [7, 11) is 0. The van der Waals surface area contributed by atoms with Crippen LogP contribution in [-0.2, 0) is 11.3 Å². The first-order valence-corrected chi connectivity index (χ1v) is 7.62. The van der Waals surface area contributed by atoms with E-state index in [1.165, 1.54) is 0 Å². The van der Waals surface area contributed by atoms with Crippen molar-refractivity contribution in [3.63, 3.8) is 0 Å². The maximum atomic E-state index is 12.3. The van der Waals surface area contributed by atoms with Crippen LogP contribution in [-0.4, -0.2) is 40.3 Å². The van der Waals surface area contributed by atoms with Gasteiger partial charge in [-0.1, -0.05) is 11.6 Å². The molecule has 1 saturated heterocycles. The number of hydrogen-bond donors (Lipinski definition) is 2. The summed E-state index contributed by atoms with van der Waals surface area (Å²) in [4.78, 5) is 25.6. The summed E-state index contributed by atoms with van der Waals surface area (Å²) in [6.07, 6.45) is 2.49. The van der Waals surface area contributed by atoms with Gasteiger partial charge in [0.05, 0.1) is 11.1 Å². The van der Waals surface area contributed by atoms with Crippen molar-refractivity contribution in [3.8, 4) is 0 Å². The number of carbonyl (C=O) groups is 2. The SMILES string of the molecule is Cc1noc(C)c1CNC(=O)N1C[C@@H]2CCC[C@@]2(C(=O)O)C1. The zero-order chi connectivity index (χ0) is 15.9. The highest BCUT2D eigenvalue weighted by Gasteiger charge is 2.55. The summed E-state index contributed by atoms with van der Waals surface area (Å²) in [5, 5.41) is 16.3. The lowest BCUT2D eigenvalue weighted by Gasteiger charge is -2.23. The van der Waals surface area contributed by atoms with E-state index in [-0.39, 0.29) is 11.9 Å². The van der Waals surface area contributed by atoms with Crippen LogP contribution >= 0.6 is 0 Å². The molecule has 2 fully saturated rings. The van der Waals surface area contributed by atoms with Gasteiger partial charge in [-0.2, -0.15) is 0 Å². The number of aromatic nitrogens is 1. The summed E-state index contributed by atoms with van der Waals surface area (Å²) < 4.78 is 5.07. The molecule has 2 amide bonds. The Morgan fingerprint density at radius 1 is 1.50 bits per heavy atom. The van der Waals surface area contributed by atoms with E-state index in [1.807, 2.05) is 6.92 Å². The summed E-state index contributed by atoms with van der Waals surface area (Å²) in [5.74, 6) is 0.00364. The second-order valence-electron chi connectivity index (χ2n) is 6.39. The van der Waals surface area contributed by atoms with Gasteiger partial charge in [0.1, 0.15) is 5.76 Å². The molecule has 0 aromatic carbocycles. The minimum Gasteiger partial charge on any atom is -0.481 e. The molecule has 2 N–H and O–H groups in total. The number of fused-ring (bicyclic) bond motifs is 1. The molecule has 1 aliphatic carbocycles. The number of hydrogen-bond acceptors (Lipinski definition) is 4. The van der Waals surface area contributed by atoms with Gasteiger partial charge in [-0.25, -0.2) is 4.79 Å². The van der Waals surface area contributed by atoms with Gasteiger partial charge in [-0.15, -0.1) is 0 Å². The molecule has 22 heavy (non-hydrogen) atoms. The third kappa shape index (κ3) is 2.24. The van der Waals surface area contributed by atoms with E-state index in [0.29, 0.717) is 31.8 Å². The van der Waals surface area contributed by atoms with Crippen molar-refractivity contribution in [2.45, 2.75) is 39.7 Å². The maximum Gasteiger partial charge on any atom is 0.317 e. The molecule has 7 nitrogen and oxygen atoms in total. The molecule has 1 saturated carbocycles. The Morgan fingerprint density at radius 3 is 2.86 bits per heavy atom. The minimum atomic E-state index is -0.768. The molecular weight excluding hydrogens is 286 g/mol. The van der Waals surface area contributed by atoms with Crippen molar-refractivity contribution in [1.82, 2.24) is 15.4 Å². The third-order valence-corrected chi connectivity index (χ3v) is 5.18. The molecular formula is C15H21N3O4. The van der Waals surface area contributed by atoms with Crippen LogP contribution in [0.5, 0.6) is 0 Å².